The van der Waals surface area contributed by atoms with Crippen molar-refractivity contribution in [2.75, 3.05) is 57.5 Å². The second kappa shape index (κ2) is 14.9. The monoisotopic (exact) mass is 793 g/mol. The molecule has 0 bridgehead atoms. The highest BCUT2D eigenvalue weighted by Crippen LogP contribution is 2.43. The Balaban J connectivity index is 0.000000413. The molecule has 2 aromatic heterocycles. The number of hydrogen-bond acceptors (Lipinski definition) is 10. The third kappa shape index (κ3) is 7.10. The van der Waals surface area contributed by atoms with Crippen molar-refractivity contribution in [2.24, 2.45) is 0 Å². The zero-order chi connectivity index (χ0) is 38.8. The topological polar surface area (TPSA) is 118 Å². The minimum Gasteiger partial charge on any atom is -0.467 e. The van der Waals surface area contributed by atoms with E-state index in [9.17, 15) is 22.4 Å². The number of likely N-dealkylation sites (N-methyl/N-ethyl adjacent to an activating group) is 1. The lowest BCUT2D eigenvalue weighted by molar-refractivity contribution is -0.140. The Bertz CT molecular complexity index is 1940. The number of halogens is 6. The number of likely N-dealkylation sites (tertiary alicyclic amines) is 2. The van der Waals surface area contributed by atoms with Crippen LogP contribution in [0.15, 0.2) is 12.1 Å². The number of piperidine rings is 1. The van der Waals surface area contributed by atoms with Gasteiger partial charge in [-0.2, -0.15) is 28.2 Å². The second-order valence-corrected chi connectivity index (χ2v) is 15.7. The zero-order valence-electron chi connectivity index (χ0n) is 30.8. The summed E-state index contributed by atoms with van der Waals surface area (Å²) < 4.78 is 82.4. The Labute approximate surface area is 320 Å². The highest BCUT2D eigenvalue weighted by Gasteiger charge is 2.47. The minimum atomic E-state index is -4.82. The Morgan fingerprint density at radius 1 is 1.05 bits per heavy atom. The van der Waals surface area contributed by atoms with Crippen LogP contribution < -0.4 is 15.4 Å². The van der Waals surface area contributed by atoms with Crippen molar-refractivity contribution < 1.29 is 36.2 Å². The van der Waals surface area contributed by atoms with Gasteiger partial charge in [-0.15, -0.1) is 0 Å². The SMILES string of the molecule is COc1nc2c(c(N3CCCn4nc(C(=O)N5CC6C5CCCN6C)c(Cl)c4C3)n1)COC(c1c(C(F)(F)F)ccc(N)c1F)C2.FC1CC2CCCN2C1. The number of amides is 1. The lowest BCUT2D eigenvalue weighted by atomic mass is 9.87. The van der Waals surface area contributed by atoms with Gasteiger partial charge in [0.1, 0.15) is 12.0 Å². The first kappa shape index (κ1) is 38.1. The van der Waals surface area contributed by atoms with E-state index < -0.39 is 41.1 Å². The molecule has 8 heterocycles. The van der Waals surface area contributed by atoms with Gasteiger partial charge in [0.15, 0.2) is 11.5 Å². The summed E-state index contributed by atoms with van der Waals surface area (Å²) in [5.41, 5.74) is 5.23. The Morgan fingerprint density at radius 2 is 1.85 bits per heavy atom. The number of aryl methyl sites for hydroxylation is 1. The minimum absolute atomic E-state index is 0.00278. The van der Waals surface area contributed by atoms with E-state index in [0.717, 1.165) is 44.5 Å². The summed E-state index contributed by atoms with van der Waals surface area (Å²) in [7, 11) is 3.47. The highest BCUT2D eigenvalue weighted by molar-refractivity contribution is 6.34. The third-order valence-corrected chi connectivity index (χ3v) is 12.4. The summed E-state index contributed by atoms with van der Waals surface area (Å²) in [6.45, 7) is 4.65. The molecule has 0 saturated carbocycles. The summed E-state index contributed by atoms with van der Waals surface area (Å²) >= 11 is 6.87. The van der Waals surface area contributed by atoms with Gasteiger partial charge >= 0.3 is 12.2 Å². The molecule has 55 heavy (non-hydrogen) atoms. The first-order valence-corrected chi connectivity index (χ1v) is 19.3. The molecule has 1 amide bonds. The van der Waals surface area contributed by atoms with Crippen molar-refractivity contribution in [3.63, 3.8) is 0 Å². The fourth-order valence-corrected chi connectivity index (χ4v) is 9.44. The molecule has 0 spiro atoms. The molecular weight excluding hydrogens is 749 g/mol. The Morgan fingerprint density at radius 3 is 2.62 bits per heavy atom. The molecule has 6 aliphatic heterocycles. The lowest BCUT2D eigenvalue weighted by Crippen LogP contribution is -2.69. The third-order valence-electron chi connectivity index (χ3n) is 12.0. The number of carbonyl (C=O) groups excluding carboxylic acids is 1. The number of ether oxygens (including phenoxy) is 2. The van der Waals surface area contributed by atoms with Crippen molar-refractivity contribution in [1.82, 2.24) is 34.4 Å². The van der Waals surface area contributed by atoms with Gasteiger partial charge in [0.25, 0.3) is 5.91 Å². The molecule has 0 radical (unpaired) electrons. The molecule has 12 nitrogen and oxygen atoms in total. The number of benzene rings is 1. The zero-order valence-corrected chi connectivity index (χ0v) is 31.6. The van der Waals surface area contributed by atoms with Gasteiger partial charge < -0.3 is 25.0 Å². The predicted molar refractivity (Wildman–Crippen MR) is 193 cm³/mol. The average Bonchev–Trinajstić information content (AvgIpc) is 3.76. The predicted octanol–water partition coefficient (Wildman–Crippen LogP) is 5.41. The number of nitrogens with two attached hydrogens (primary N) is 1. The highest BCUT2D eigenvalue weighted by atomic mass is 35.5. The van der Waals surface area contributed by atoms with Crippen molar-refractivity contribution >= 4 is 29.0 Å². The van der Waals surface area contributed by atoms with Crippen LogP contribution in [-0.4, -0.2) is 112 Å². The van der Waals surface area contributed by atoms with E-state index >= 15 is 4.39 Å². The summed E-state index contributed by atoms with van der Waals surface area (Å²) in [6, 6.07) is 2.77. The van der Waals surface area contributed by atoms with Crippen LogP contribution in [0.4, 0.5) is 33.5 Å². The summed E-state index contributed by atoms with van der Waals surface area (Å²) in [6.07, 6.45) is -0.842. The smallest absolute Gasteiger partial charge is 0.416 e. The molecule has 4 fully saturated rings. The molecule has 3 aromatic rings. The number of rotatable bonds is 4. The van der Waals surface area contributed by atoms with Gasteiger partial charge in [0.05, 0.1) is 54.0 Å². The van der Waals surface area contributed by atoms with Crippen molar-refractivity contribution in [3.05, 3.63) is 56.7 Å². The van der Waals surface area contributed by atoms with E-state index in [1.165, 1.54) is 20.0 Å². The number of carbonyl (C=O) groups is 1. The normalized spacial score (nSPS) is 26.6. The summed E-state index contributed by atoms with van der Waals surface area (Å²) in [5.74, 6) is -0.894. The molecule has 298 valence electrons. The molecular formula is C37H45ClF5N9O3. The van der Waals surface area contributed by atoms with Crippen molar-refractivity contribution in [2.45, 2.75) is 101 Å². The van der Waals surface area contributed by atoms with E-state index in [0.29, 0.717) is 67.5 Å². The molecule has 4 saturated heterocycles. The number of anilines is 2. The van der Waals surface area contributed by atoms with Gasteiger partial charge in [-0.25, -0.2) is 8.78 Å². The molecule has 9 rings (SSSR count). The molecule has 18 heteroatoms. The van der Waals surface area contributed by atoms with E-state index in [2.05, 4.69) is 31.9 Å². The van der Waals surface area contributed by atoms with Crippen LogP contribution in [-0.2, 0) is 37.0 Å². The van der Waals surface area contributed by atoms with Crippen LogP contribution in [0.2, 0.25) is 5.02 Å². The van der Waals surface area contributed by atoms with Crippen LogP contribution in [0, 0.1) is 5.82 Å². The van der Waals surface area contributed by atoms with Crippen molar-refractivity contribution in [3.8, 4) is 6.01 Å². The van der Waals surface area contributed by atoms with Gasteiger partial charge in [-0.05, 0) is 70.8 Å². The van der Waals surface area contributed by atoms with Crippen LogP contribution >= 0.6 is 11.6 Å². The van der Waals surface area contributed by atoms with Gasteiger partial charge in [0, 0.05) is 61.9 Å². The Kier molecular flexibility index (Phi) is 10.3. The number of aromatic nitrogens is 4. The lowest BCUT2D eigenvalue weighted by Gasteiger charge is -2.54. The van der Waals surface area contributed by atoms with Crippen LogP contribution in [0.25, 0.3) is 0 Å². The standard InChI is InChI=1S/C30H33ClF4N8O3.C7H12FN/c1-40-8-3-5-19-20(40)13-42(19)28(44)26-24(31)21-12-41(9-4-10-43(21)39-26)27-15-14-46-22(11-18(15)37-29(38-27)45-2)23-16(30(33,34)35)6-7-17(36)25(23)32;8-6-4-7-2-1-3-9(7)5-6/h6-7,19-20,22H,3-5,8-14,36H2,1-2H3;6-7H,1-5H2. The fourth-order valence-electron chi connectivity index (χ4n) is 9.16. The number of hydrogen-bond donors (Lipinski definition) is 1. The first-order chi connectivity index (χ1) is 26.3. The fraction of sp³-hybridized carbons (Fsp3) is 0.622. The largest absolute Gasteiger partial charge is 0.467 e. The number of nitrogens with zero attached hydrogens (tertiary/aromatic N) is 8. The van der Waals surface area contributed by atoms with E-state index in [-0.39, 0.29) is 48.2 Å². The van der Waals surface area contributed by atoms with Gasteiger partial charge in [-0.3, -0.25) is 19.3 Å². The maximum absolute atomic E-state index is 15.1. The number of alkyl halides is 4. The summed E-state index contributed by atoms with van der Waals surface area (Å²) in [4.78, 5) is 31.0. The molecule has 1 aromatic carbocycles. The van der Waals surface area contributed by atoms with Gasteiger partial charge in [0.2, 0.25) is 0 Å². The molecule has 5 unspecified atom stereocenters. The number of methoxy groups -OCH3 is 1. The maximum Gasteiger partial charge on any atom is 0.416 e. The van der Waals surface area contributed by atoms with E-state index in [1.54, 1.807) is 4.68 Å². The van der Waals surface area contributed by atoms with E-state index in [1.807, 2.05) is 9.80 Å². The number of nitrogen functional groups attached to an aromatic ring is 1. The van der Waals surface area contributed by atoms with Crippen LogP contribution in [0.5, 0.6) is 6.01 Å². The number of fused-ring (bicyclic) bond motifs is 4. The second-order valence-electron chi connectivity index (χ2n) is 15.3. The maximum atomic E-state index is 15.1. The molecule has 0 aliphatic carbocycles. The van der Waals surface area contributed by atoms with Crippen LogP contribution in [0.1, 0.15) is 83.2 Å². The van der Waals surface area contributed by atoms with Crippen molar-refractivity contribution in [1.29, 1.82) is 0 Å². The molecule has 2 N–H and O–H groups in total. The summed E-state index contributed by atoms with van der Waals surface area (Å²) in [5, 5.41) is 4.92. The molecule has 5 atom stereocenters. The quantitative estimate of drug-likeness (QED) is 0.272. The Hall–Kier alpha value is -3.80. The first-order valence-electron chi connectivity index (χ1n) is 18.9. The average molecular weight is 794 g/mol. The van der Waals surface area contributed by atoms with Gasteiger partial charge in [-0.1, -0.05) is 11.6 Å². The molecule has 6 aliphatic rings. The van der Waals surface area contributed by atoms with E-state index in [4.69, 9.17) is 26.8 Å². The van der Waals surface area contributed by atoms with Crippen LogP contribution in [0.3, 0.4) is 0 Å².